The molecule has 0 bridgehead atoms. The van der Waals surface area contributed by atoms with Crippen molar-refractivity contribution < 1.29 is 27.2 Å². The molecule has 11 heteroatoms. The number of anilines is 2. The van der Waals surface area contributed by atoms with Crippen LogP contribution in [0.3, 0.4) is 0 Å². The molecule has 5 rings (SSSR count). The molecule has 2 aliphatic rings. The quantitative estimate of drug-likeness (QED) is 0.520. The number of piperidine rings is 1. The zero-order valence-electron chi connectivity index (χ0n) is 19.3. The molecule has 1 aromatic heterocycles. The van der Waals surface area contributed by atoms with Gasteiger partial charge in [-0.15, -0.1) is 0 Å². The zero-order chi connectivity index (χ0) is 25.4. The number of nitrogens with one attached hydrogen (secondary N) is 1. The first-order chi connectivity index (χ1) is 17.2. The number of carbonyl (C=O) groups is 3. The van der Waals surface area contributed by atoms with Crippen LogP contribution >= 0.6 is 11.6 Å². The van der Waals surface area contributed by atoms with Crippen LogP contribution in [-0.4, -0.2) is 45.0 Å². The number of benzene rings is 2. The van der Waals surface area contributed by atoms with E-state index in [1.54, 1.807) is 47.4 Å². The third-order valence-corrected chi connectivity index (χ3v) is 8.13. The molecule has 0 spiro atoms. The Morgan fingerprint density at radius 2 is 1.75 bits per heavy atom. The first kappa shape index (κ1) is 24.3. The van der Waals surface area contributed by atoms with Crippen LogP contribution in [0.5, 0.6) is 0 Å². The highest BCUT2D eigenvalue weighted by Crippen LogP contribution is 2.30. The maximum absolute atomic E-state index is 12.7. The molecule has 188 valence electrons. The van der Waals surface area contributed by atoms with E-state index in [-0.39, 0.29) is 36.3 Å². The van der Waals surface area contributed by atoms with E-state index >= 15 is 0 Å². The van der Waals surface area contributed by atoms with Gasteiger partial charge in [-0.3, -0.25) is 14.4 Å². The maximum atomic E-state index is 12.7. The topological polar surface area (TPSA) is 117 Å². The summed E-state index contributed by atoms with van der Waals surface area (Å²) >= 11 is 6.06. The fourth-order valence-electron chi connectivity index (χ4n) is 4.72. The zero-order valence-corrected chi connectivity index (χ0v) is 20.8. The maximum Gasteiger partial charge on any atom is 0.300 e. The fraction of sp³-hybridized carbons (Fsp3) is 0.320. The Kier molecular flexibility index (Phi) is 6.48. The summed E-state index contributed by atoms with van der Waals surface area (Å²) in [4.78, 5) is 40.6. The van der Waals surface area contributed by atoms with Gasteiger partial charge in [-0.05, 0) is 49.2 Å². The number of furan rings is 1. The average molecular weight is 530 g/mol. The number of halogens is 1. The molecule has 3 heterocycles. The number of hydrogen-bond acceptors (Lipinski definition) is 6. The normalized spacial score (nSPS) is 18.8. The van der Waals surface area contributed by atoms with Crippen LogP contribution in [0.2, 0.25) is 5.02 Å². The van der Waals surface area contributed by atoms with Crippen molar-refractivity contribution in [1.29, 1.82) is 0 Å². The van der Waals surface area contributed by atoms with Gasteiger partial charge in [0.05, 0.1) is 10.8 Å². The molecular weight excluding hydrogens is 506 g/mol. The second-order valence-electron chi connectivity index (χ2n) is 9.07. The molecule has 1 N–H and O–H groups in total. The number of para-hydroxylation sites is 1. The second kappa shape index (κ2) is 9.59. The summed E-state index contributed by atoms with van der Waals surface area (Å²) in [6.45, 7) is 0.879. The van der Waals surface area contributed by atoms with Crippen molar-refractivity contribution in [3.63, 3.8) is 0 Å². The minimum absolute atomic E-state index is 0.0434. The van der Waals surface area contributed by atoms with Gasteiger partial charge in [0.25, 0.3) is 5.91 Å². The lowest BCUT2D eigenvalue weighted by atomic mass is 10.1. The number of fused-ring (bicyclic) bond motifs is 1. The van der Waals surface area contributed by atoms with Crippen molar-refractivity contribution in [3.8, 4) is 0 Å². The van der Waals surface area contributed by atoms with Crippen molar-refractivity contribution in [2.75, 3.05) is 28.6 Å². The Labute approximate surface area is 213 Å². The van der Waals surface area contributed by atoms with Gasteiger partial charge in [-0.2, -0.15) is 0 Å². The van der Waals surface area contributed by atoms with E-state index in [4.69, 9.17) is 16.0 Å². The van der Waals surface area contributed by atoms with Gasteiger partial charge in [0.15, 0.2) is 11.3 Å². The molecule has 2 aliphatic heterocycles. The van der Waals surface area contributed by atoms with Gasteiger partial charge in [-0.1, -0.05) is 23.7 Å². The number of amides is 3. The van der Waals surface area contributed by atoms with Gasteiger partial charge in [0, 0.05) is 48.6 Å². The van der Waals surface area contributed by atoms with E-state index in [2.05, 4.69) is 0 Å². The monoisotopic (exact) mass is 529 g/mol. The molecule has 3 amide bonds. The van der Waals surface area contributed by atoms with E-state index in [9.17, 15) is 22.8 Å². The van der Waals surface area contributed by atoms with Crippen LogP contribution in [0.25, 0.3) is 11.0 Å². The molecule has 0 aliphatic carbocycles. The molecular formula is C25H24ClN3O6S. The first-order valence-corrected chi connectivity index (χ1v) is 13.7. The molecule has 9 nitrogen and oxygen atoms in total. The fourth-order valence-corrected chi connectivity index (χ4v) is 6.25. The lowest BCUT2D eigenvalue weighted by molar-refractivity contribution is -0.119. The number of carbonyl (C=O) groups excluding carboxylic acids is 3. The van der Waals surface area contributed by atoms with Gasteiger partial charge in [0.2, 0.25) is 21.8 Å². The molecule has 2 saturated heterocycles. The lowest BCUT2D eigenvalue weighted by Crippen LogP contribution is -2.35. The minimum Gasteiger partial charge on any atom is -0.449 e. The molecule has 2 aromatic carbocycles. The van der Waals surface area contributed by atoms with Gasteiger partial charge < -0.3 is 14.2 Å². The average Bonchev–Trinajstić information content (AvgIpc) is 3.43. The Hall–Kier alpha value is -3.37. The Morgan fingerprint density at radius 3 is 2.44 bits per heavy atom. The van der Waals surface area contributed by atoms with Crippen molar-refractivity contribution >= 4 is 61.7 Å². The number of hydrogen-bond donors (Lipinski definition) is 1. The second-order valence-corrected chi connectivity index (χ2v) is 11.2. The summed E-state index contributed by atoms with van der Waals surface area (Å²) in [5.41, 5.74) is 1.72. The van der Waals surface area contributed by atoms with Crippen molar-refractivity contribution in [2.45, 2.75) is 25.7 Å². The predicted octanol–water partition coefficient (Wildman–Crippen LogP) is 3.72. The van der Waals surface area contributed by atoms with E-state index in [1.807, 2.05) is 4.72 Å². The van der Waals surface area contributed by atoms with Crippen LogP contribution in [-0.2, 0) is 19.6 Å². The molecule has 0 radical (unpaired) electrons. The van der Waals surface area contributed by atoms with Crippen molar-refractivity contribution in [2.24, 2.45) is 5.92 Å². The lowest BCUT2D eigenvalue weighted by Gasteiger charge is -2.27. The van der Waals surface area contributed by atoms with Crippen LogP contribution in [0, 0.1) is 5.92 Å². The number of nitrogens with zero attached hydrogens (tertiary/aromatic N) is 2. The highest BCUT2D eigenvalue weighted by Gasteiger charge is 2.34. The van der Waals surface area contributed by atoms with Gasteiger partial charge in [-0.25, -0.2) is 13.1 Å². The van der Waals surface area contributed by atoms with Crippen molar-refractivity contribution in [1.82, 2.24) is 4.72 Å². The Morgan fingerprint density at radius 1 is 1.03 bits per heavy atom. The highest BCUT2D eigenvalue weighted by atomic mass is 35.5. The summed E-state index contributed by atoms with van der Waals surface area (Å²) in [5.74, 6) is -2.05. The van der Waals surface area contributed by atoms with E-state index in [0.29, 0.717) is 34.6 Å². The minimum atomic E-state index is -4.03. The predicted molar refractivity (Wildman–Crippen MR) is 136 cm³/mol. The summed E-state index contributed by atoms with van der Waals surface area (Å²) in [6, 6.07) is 13.6. The number of rotatable bonds is 6. The molecule has 1 atom stereocenters. The van der Waals surface area contributed by atoms with Crippen LogP contribution < -0.4 is 14.5 Å². The largest absolute Gasteiger partial charge is 0.449 e. The van der Waals surface area contributed by atoms with Crippen LogP contribution in [0.4, 0.5) is 11.4 Å². The smallest absolute Gasteiger partial charge is 0.300 e. The van der Waals surface area contributed by atoms with E-state index < -0.39 is 21.8 Å². The van der Waals surface area contributed by atoms with Crippen LogP contribution in [0.15, 0.2) is 52.9 Å². The van der Waals surface area contributed by atoms with Crippen molar-refractivity contribution in [3.05, 3.63) is 59.3 Å². The van der Waals surface area contributed by atoms with Crippen LogP contribution in [0.1, 0.15) is 36.2 Å². The Balaban J connectivity index is 1.22. The highest BCUT2D eigenvalue weighted by molar-refractivity contribution is 7.90. The summed E-state index contributed by atoms with van der Waals surface area (Å²) in [5, 5.41) is 0.896. The molecule has 36 heavy (non-hydrogen) atoms. The number of sulfonamides is 1. The molecule has 3 aromatic rings. The third kappa shape index (κ3) is 4.96. The van der Waals surface area contributed by atoms with Gasteiger partial charge in [0.1, 0.15) is 0 Å². The van der Waals surface area contributed by atoms with E-state index in [0.717, 1.165) is 18.5 Å². The summed E-state index contributed by atoms with van der Waals surface area (Å²) in [7, 11) is -4.03. The molecule has 2 fully saturated rings. The third-order valence-electron chi connectivity index (χ3n) is 6.42. The molecule has 0 saturated carbocycles. The Bertz CT molecular complexity index is 1450. The van der Waals surface area contributed by atoms with E-state index in [1.165, 1.54) is 11.0 Å². The van der Waals surface area contributed by atoms with Gasteiger partial charge >= 0.3 is 0 Å². The SMILES string of the molecule is O=C(NS(=O)(=O)CC1CC(=O)N(c2ccc(N3CCCCC3=O)cc2)C1)c1cc2cccc(Cl)c2o1. The standard InChI is InChI=1S/C25H24ClN3O6S/c26-20-5-3-4-17-13-21(35-24(17)20)25(32)27-36(33,34)15-16-12-23(31)29(14-16)19-9-7-18(8-10-19)28-11-2-1-6-22(28)30/h3-5,7-10,13,16H,1-2,6,11-12,14-15H2,(H,27,32). The summed E-state index contributed by atoms with van der Waals surface area (Å²) < 4.78 is 32.8. The molecule has 1 unspecified atom stereocenters. The first-order valence-electron chi connectivity index (χ1n) is 11.6. The summed E-state index contributed by atoms with van der Waals surface area (Å²) in [6.07, 6.45) is 2.42.